The Morgan fingerprint density at radius 3 is 2.43 bits per heavy atom. The Morgan fingerprint density at radius 1 is 1.07 bits per heavy atom. The first-order valence-corrected chi connectivity index (χ1v) is 9.42. The van der Waals surface area contributed by atoms with Gasteiger partial charge in [0.2, 0.25) is 0 Å². The minimum atomic E-state index is -0.897. The molecule has 6 nitrogen and oxygen atoms in total. The molecule has 1 amide bonds. The number of esters is 2. The van der Waals surface area contributed by atoms with Crippen LogP contribution < -0.4 is 5.32 Å². The van der Waals surface area contributed by atoms with Crippen molar-refractivity contribution >= 4 is 29.6 Å². The van der Waals surface area contributed by atoms with Gasteiger partial charge in [-0.15, -0.1) is 11.8 Å². The van der Waals surface area contributed by atoms with Crippen molar-refractivity contribution in [3.63, 3.8) is 0 Å². The van der Waals surface area contributed by atoms with Crippen LogP contribution in [0.1, 0.15) is 5.56 Å². The van der Waals surface area contributed by atoms with E-state index in [1.54, 1.807) is 18.2 Å². The second-order valence-electron chi connectivity index (χ2n) is 5.71. The Bertz CT molecular complexity index is 815. The molecule has 0 aliphatic rings. The first-order chi connectivity index (χ1) is 13.5. The number of carbonyl (C=O) groups excluding carboxylic acids is 3. The summed E-state index contributed by atoms with van der Waals surface area (Å²) in [5, 5.41) is 2.50. The van der Waals surface area contributed by atoms with Gasteiger partial charge in [-0.05, 0) is 17.7 Å². The molecular weight excluding hydrogens is 385 g/mol. The first kappa shape index (κ1) is 21.4. The Hall–Kier alpha value is -2.87. The maximum absolute atomic E-state index is 13.5. The molecule has 0 aromatic heterocycles. The van der Waals surface area contributed by atoms with Crippen LogP contribution in [0.4, 0.5) is 4.39 Å². The maximum Gasteiger partial charge on any atom is 0.328 e. The highest BCUT2D eigenvalue weighted by Gasteiger charge is 2.22. The zero-order valence-electron chi connectivity index (χ0n) is 15.2. The summed E-state index contributed by atoms with van der Waals surface area (Å²) in [7, 11) is 1.23. The predicted molar refractivity (Wildman–Crippen MR) is 102 cm³/mol. The highest BCUT2D eigenvalue weighted by atomic mass is 32.2. The molecular formula is C20H20FNO5S. The van der Waals surface area contributed by atoms with Gasteiger partial charge in [0, 0.05) is 11.3 Å². The number of hydrogen-bond donors (Lipinski definition) is 1. The number of rotatable bonds is 9. The lowest BCUT2D eigenvalue weighted by Crippen LogP contribution is -2.44. The molecule has 2 rings (SSSR count). The van der Waals surface area contributed by atoms with Gasteiger partial charge in [0.25, 0.3) is 5.91 Å². The number of thioether (sulfide) groups is 1. The van der Waals surface area contributed by atoms with Crippen LogP contribution in [0.3, 0.4) is 0 Å². The van der Waals surface area contributed by atoms with Gasteiger partial charge in [-0.1, -0.05) is 42.5 Å². The summed E-state index contributed by atoms with van der Waals surface area (Å²) in [6.07, 6.45) is 0.246. The van der Waals surface area contributed by atoms with Crippen LogP contribution in [0.2, 0.25) is 0 Å². The van der Waals surface area contributed by atoms with Gasteiger partial charge in [-0.25, -0.2) is 9.18 Å². The smallest absolute Gasteiger partial charge is 0.328 e. The van der Waals surface area contributed by atoms with E-state index in [9.17, 15) is 18.8 Å². The number of halogens is 1. The van der Waals surface area contributed by atoms with E-state index in [-0.39, 0.29) is 12.2 Å². The number of amides is 1. The molecule has 1 N–H and O–H groups in total. The zero-order chi connectivity index (χ0) is 20.4. The van der Waals surface area contributed by atoms with E-state index >= 15 is 0 Å². The SMILES string of the molecule is COC(=O)[C@@H](Cc1ccccc1)NC(=O)COC(=O)CSc1ccccc1F. The van der Waals surface area contributed by atoms with E-state index in [1.165, 1.54) is 13.2 Å². The molecule has 0 radical (unpaired) electrons. The molecule has 0 heterocycles. The van der Waals surface area contributed by atoms with Crippen molar-refractivity contribution in [1.82, 2.24) is 5.32 Å². The van der Waals surface area contributed by atoms with Crippen molar-refractivity contribution in [3.05, 3.63) is 66.0 Å². The van der Waals surface area contributed by atoms with Crippen molar-refractivity contribution in [2.24, 2.45) is 0 Å². The summed E-state index contributed by atoms with van der Waals surface area (Å²) in [6.45, 7) is -0.543. The third-order valence-corrected chi connectivity index (χ3v) is 4.67. The molecule has 0 aliphatic heterocycles. The van der Waals surface area contributed by atoms with Crippen molar-refractivity contribution in [2.45, 2.75) is 17.4 Å². The van der Waals surface area contributed by atoms with Gasteiger partial charge in [0.1, 0.15) is 11.9 Å². The van der Waals surface area contributed by atoms with E-state index in [1.807, 2.05) is 30.3 Å². The van der Waals surface area contributed by atoms with Crippen LogP contribution in [0.5, 0.6) is 0 Å². The highest BCUT2D eigenvalue weighted by molar-refractivity contribution is 8.00. The molecule has 0 bridgehead atoms. The molecule has 148 valence electrons. The monoisotopic (exact) mass is 405 g/mol. The summed E-state index contributed by atoms with van der Waals surface area (Å²) in [4.78, 5) is 36.0. The third kappa shape index (κ3) is 7.03. The minimum absolute atomic E-state index is 0.140. The van der Waals surface area contributed by atoms with E-state index in [2.05, 4.69) is 5.32 Å². The largest absolute Gasteiger partial charge is 0.467 e. The first-order valence-electron chi connectivity index (χ1n) is 8.43. The number of ether oxygens (including phenoxy) is 2. The van der Waals surface area contributed by atoms with Crippen molar-refractivity contribution in [3.8, 4) is 0 Å². The molecule has 2 aromatic rings. The fourth-order valence-electron chi connectivity index (χ4n) is 2.31. The molecule has 28 heavy (non-hydrogen) atoms. The molecule has 2 aromatic carbocycles. The molecule has 0 unspecified atom stereocenters. The lowest BCUT2D eigenvalue weighted by atomic mass is 10.1. The van der Waals surface area contributed by atoms with Gasteiger partial charge in [0.05, 0.1) is 12.9 Å². The topological polar surface area (TPSA) is 81.7 Å². The molecule has 0 saturated carbocycles. The minimum Gasteiger partial charge on any atom is -0.467 e. The fourth-order valence-corrected chi connectivity index (χ4v) is 3.04. The Balaban J connectivity index is 1.80. The van der Waals surface area contributed by atoms with Crippen molar-refractivity contribution in [2.75, 3.05) is 19.5 Å². The molecule has 0 fully saturated rings. The summed E-state index contributed by atoms with van der Waals surface area (Å²) >= 11 is 0.976. The quantitative estimate of drug-likeness (QED) is 0.510. The second kappa shape index (κ2) is 11.1. The van der Waals surface area contributed by atoms with Crippen LogP contribution in [0, 0.1) is 5.82 Å². The lowest BCUT2D eigenvalue weighted by Gasteiger charge is -2.16. The van der Waals surface area contributed by atoms with Crippen LogP contribution in [-0.2, 0) is 30.3 Å². The van der Waals surface area contributed by atoms with Crippen molar-refractivity contribution < 1.29 is 28.2 Å². The fraction of sp³-hybridized carbons (Fsp3) is 0.250. The Labute approximate surface area is 166 Å². The number of nitrogens with one attached hydrogen (secondary N) is 1. The molecule has 0 spiro atoms. The average molecular weight is 405 g/mol. The number of benzene rings is 2. The summed E-state index contributed by atoms with van der Waals surface area (Å²) in [5.74, 6) is -2.46. The Morgan fingerprint density at radius 2 is 1.75 bits per heavy atom. The van der Waals surface area contributed by atoms with Crippen LogP contribution in [0.25, 0.3) is 0 Å². The van der Waals surface area contributed by atoms with Crippen LogP contribution in [0.15, 0.2) is 59.5 Å². The summed E-state index contributed by atoms with van der Waals surface area (Å²) in [5.41, 5.74) is 0.844. The Kier molecular flexibility index (Phi) is 8.48. The maximum atomic E-state index is 13.5. The summed E-state index contributed by atoms with van der Waals surface area (Å²) < 4.78 is 23.1. The van der Waals surface area contributed by atoms with Gasteiger partial charge in [0.15, 0.2) is 6.61 Å². The molecule has 0 aliphatic carbocycles. The van der Waals surface area contributed by atoms with Gasteiger partial charge < -0.3 is 14.8 Å². The van der Waals surface area contributed by atoms with Gasteiger partial charge >= 0.3 is 11.9 Å². The van der Waals surface area contributed by atoms with E-state index in [0.29, 0.717) is 4.90 Å². The number of methoxy groups -OCH3 is 1. The molecule has 1 atom stereocenters. The molecule has 8 heteroatoms. The number of hydrogen-bond acceptors (Lipinski definition) is 6. The van der Waals surface area contributed by atoms with Crippen molar-refractivity contribution in [1.29, 1.82) is 0 Å². The number of carbonyl (C=O) groups is 3. The van der Waals surface area contributed by atoms with E-state index < -0.39 is 36.3 Å². The van der Waals surface area contributed by atoms with Gasteiger partial charge in [-0.2, -0.15) is 0 Å². The normalized spacial score (nSPS) is 11.4. The predicted octanol–water partition coefficient (Wildman–Crippen LogP) is 2.36. The van der Waals surface area contributed by atoms with Gasteiger partial charge in [-0.3, -0.25) is 9.59 Å². The van der Waals surface area contributed by atoms with Crippen LogP contribution >= 0.6 is 11.8 Å². The van der Waals surface area contributed by atoms with Crippen LogP contribution in [-0.4, -0.2) is 43.4 Å². The summed E-state index contributed by atoms with van der Waals surface area (Å²) in [6, 6.07) is 14.3. The third-order valence-electron chi connectivity index (χ3n) is 3.65. The standard InChI is InChI=1S/C20H20FNO5S/c1-26-20(25)16(11-14-7-3-2-4-8-14)22-18(23)12-27-19(24)13-28-17-10-6-5-9-15(17)21/h2-10,16H,11-13H2,1H3,(H,22,23)/t16-/m1/s1. The highest BCUT2D eigenvalue weighted by Crippen LogP contribution is 2.21. The zero-order valence-corrected chi connectivity index (χ0v) is 16.0. The van der Waals surface area contributed by atoms with E-state index in [0.717, 1.165) is 17.3 Å². The molecule has 0 saturated heterocycles. The second-order valence-corrected chi connectivity index (χ2v) is 6.73. The lowest BCUT2D eigenvalue weighted by molar-refractivity contribution is -0.148. The van der Waals surface area contributed by atoms with E-state index in [4.69, 9.17) is 9.47 Å². The average Bonchev–Trinajstić information content (AvgIpc) is 2.71.